The maximum Gasteiger partial charge on any atom is 0.253 e. The van der Waals surface area contributed by atoms with Gasteiger partial charge in [0.05, 0.1) is 10.0 Å². The van der Waals surface area contributed by atoms with E-state index in [-0.39, 0.29) is 12.4 Å². The van der Waals surface area contributed by atoms with Crippen LogP contribution in [0.5, 0.6) is 5.75 Å². The number of carbonyl (C=O) groups excluding carboxylic acids is 1. The molecular formula is C13H17Cl2NO3. The minimum Gasteiger partial charge on any atom is -0.487 e. The summed E-state index contributed by atoms with van der Waals surface area (Å²) in [4.78, 5) is 11.5. The highest BCUT2D eigenvalue weighted by atomic mass is 35.5. The molecule has 1 aromatic carbocycles. The molecule has 1 atom stereocenters. The van der Waals surface area contributed by atoms with Gasteiger partial charge in [-0.25, -0.2) is 0 Å². The first kappa shape index (κ1) is 16.1. The van der Waals surface area contributed by atoms with Gasteiger partial charge in [0.15, 0.2) is 11.4 Å². The number of aliphatic hydroxyl groups is 1. The Labute approximate surface area is 122 Å². The van der Waals surface area contributed by atoms with Gasteiger partial charge in [0.25, 0.3) is 5.91 Å². The number of halogens is 2. The molecule has 106 valence electrons. The zero-order valence-corrected chi connectivity index (χ0v) is 12.5. The van der Waals surface area contributed by atoms with Crippen LogP contribution in [0.15, 0.2) is 18.2 Å². The van der Waals surface area contributed by atoms with E-state index in [0.29, 0.717) is 10.0 Å². The smallest absolute Gasteiger partial charge is 0.253 e. The summed E-state index contributed by atoms with van der Waals surface area (Å²) in [5.74, 6) is -0.641. The summed E-state index contributed by atoms with van der Waals surface area (Å²) in [6.07, 6.45) is 0. The summed E-state index contributed by atoms with van der Waals surface area (Å²) in [6.45, 7) is 4.75. The van der Waals surface area contributed by atoms with E-state index in [1.807, 2.05) is 0 Å². The van der Waals surface area contributed by atoms with Crippen molar-refractivity contribution in [3.63, 3.8) is 0 Å². The van der Waals surface area contributed by atoms with Crippen molar-refractivity contribution in [3.8, 4) is 5.75 Å². The van der Waals surface area contributed by atoms with Crippen LogP contribution in [0.2, 0.25) is 10.0 Å². The molecule has 1 aromatic rings. The van der Waals surface area contributed by atoms with Gasteiger partial charge >= 0.3 is 0 Å². The Morgan fingerprint density at radius 1 is 1.32 bits per heavy atom. The molecule has 0 saturated heterocycles. The number of primary amides is 1. The molecule has 0 bridgehead atoms. The van der Waals surface area contributed by atoms with Gasteiger partial charge in [0, 0.05) is 5.41 Å². The number of para-hydroxylation sites is 1. The van der Waals surface area contributed by atoms with Crippen molar-refractivity contribution in [1.29, 1.82) is 0 Å². The minimum atomic E-state index is -1.82. The van der Waals surface area contributed by atoms with E-state index in [9.17, 15) is 9.90 Å². The van der Waals surface area contributed by atoms with Gasteiger partial charge in [-0.15, -0.1) is 0 Å². The normalized spacial score (nSPS) is 14.8. The van der Waals surface area contributed by atoms with Crippen molar-refractivity contribution in [2.75, 3.05) is 6.61 Å². The zero-order valence-electron chi connectivity index (χ0n) is 11.0. The Balaban J connectivity index is 2.99. The molecule has 0 aromatic heterocycles. The predicted molar refractivity (Wildman–Crippen MR) is 75.6 cm³/mol. The van der Waals surface area contributed by atoms with Crippen molar-refractivity contribution >= 4 is 29.1 Å². The molecular weight excluding hydrogens is 289 g/mol. The van der Waals surface area contributed by atoms with Gasteiger partial charge in [-0.1, -0.05) is 50.0 Å². The number of amides is 1. The Kier molecular flexibility index (Phi) is 4.72. The highest BCUT2D eigenvalue weighted by Gasteiger charge is 2.46. The quantitative estimate of drug-likeness (QED) is 0.898. The predicted octanol–water partition coefficient (Wildman–Crippen LogP) is 2.63. The molecule has 0 aliphatic heterocycles. The van der Waals surface area contributed by atoms with Gasteiger partial charge in [-0.05, 0) is 12.1 Å². The number of hydrogen-bond donors (Lipinski definition) is 2. The van der Waals surface area contributed by atoms with Crippen LogP contribution in [0.25, 0.3) is 0 Å². The molecule has 0 radical (unpaired) electrons. The lowest BCUT2D eigenvalue weighted by Crippen LogP contribution is -2.57. The molecule has 1 unspecified atom stereocenters. The molecule has 0 aliphatic rings. The van der Waals surface area contributed by atoms with Gasteiger partial charge in [0.1, 0.15) is 6.61 Å². The molecule has 0 fully saturated rings. The number of nitrogens with two attached hydrogens (primary N) is 1. The second kappa shape index (κ2) is 5.57. The summed E-state index contributed by atoms with van der Waals surface area (Å²) < 4.78 is 5.41. The molecule has 0 aliphatic carbocycles. The maximum atomic E-state index is 11.5. The van der Waals surface area contributed by atoms with Crippen LogP contribution in [-0.4, -0.2) is 23.2 Å². The summed E-state index contributed by atoms with van der Waals surface area (Å²) in [6, 6.07) is 4.87. The number of carbonyl (C=O) groups is 1. The molecule has 1 rings (SSSR count). The summed E-state index contributed by atoms with van der Waals surface area (Å²) in [7, 11) is 0. The lowest BCUT2D eigenvalue weighted by molar-refractivity contribution is -0.154. The van der Waals surface area contributed by atoms with Crippen LogP contribution in [0.3, 0.4) is 0 Å². The van der Waals surface area contributed by atoms with E-state index in [0.717, 1.165) is 0 Å². The molecule has 3 N–H and O–H groups in total. The highest BCUT2D eigenvalue weighted by Crippen LogP contribution is 2.35. The van der Waals surface area contributed by atoms with Crippen LogP contribution in [-0.2, 0) is 4.79 Å². The van der Waals surface area contributed by atoms with Crippen molar-refractivity contribution in [1.82, 2.24) is 0 Å². The van der Waals surface area contributed by atoms with Gasteiger partial charge < -0.3 is 15.6 Å². The highest BCUT2D eigenvalue weighted by molar-refractivity contribution is 6.37. The molecule has 1 amide bonds. The third kappa shape index (κ3) is 3.32. The molecule has 0 heterocycles. The van der Waals surface area contributed by atoms with Crippen molar-refractivity contribution in [2.24, 2.45) is 11.1 Å². The molecule has 4 nitrogen and oxygen atoms in total. The molecule has 6 heteroatoms. The standard InChI is InChI=1S/C13H17Cl2NO3/c1-12(2,3)13(18,11(16)17)7-19-10-8(14)5-4-6-9(10)15/h4-6,18H,7H2,1-3H3,(H2,16,17). The number of ether oxygens (including phenoxy) is 1. The van der Waals surface area contributed by atoms with E-state index >= 15 is 0 Å². The number of hydrogen-bond acceptors (Lipinski definition) is 3. The van der Waals surface area contributed by atoms with Crippen LogP contribution >= 0.6 is 23.2 Å². The Morgan fingerprint density at radius 2 is 1.79 bits per heavy atom. The lowest BCUT2D eigenvalue weighted by atomic mass is 9.76. The van der Waals surface area contributed by atoms with Crippen molar-refractivity contribution in [3.05, 3.63) is 28.2 Å². The average Bonchev–Trinajstić information content (AvgIpc) is 2.26. The second-order valence-electron chi connectivity index (χ2n) is 5.31. The van der Waals surface area contributed by atoms with Crippen LogP contribution in [0, 0.1) is 5.41 Å². The van der Waals surface area contributed by atoms with Gasteiger partial charge in [-0.2, -0.15) is 0 Å². The SMILES string of the molecule is CC(C)(C)C(O)(COc1c(Cl)cccc1Cl)C(N)=O. The average molecular weight is 306 g/mol. The molecule has 19 heavy (non-hydrogen) atoms. The monoisotopic (exact) mass is 305 g/mol. The fourth-order valence-electron chi connectivity index (χ4n) is 1.45. The Morgan fingerprint density at radius 3 is 2.16 bits per heavy atom. The topological polar surface area (TPSA) is 72.6 Å². The number of benzene rings is 1. The van der Waals surface area contributed by atoms with Crippen LogP contribution in [0.4, 0.5) is 0 Å². The van der Waals surface area contributed by atoms with E-state index < -0.39 is 16.9 Å². The first-order valence-electron chi connectivity index (χ1n) is 5.68. The zero-order chi connectivity index (χ0) is 14.8. The first-order chi connectivity index (χ1) is 8.59. The van der Waals surface area contributed by atoms with Gasteiger partial charge in [0.2, 0.25) is 0 Å². The van der Waals surface area contributed by atoms with Crippen molar-refractivity contribution < 1.29 is 14.6 Å². The fraction of sp³-hybridized carbons (Fsp3) is 0.462. The van der Waals surface area contributed by atoms with Crippen molar-refractivity contribution in [2.45, 2.75) is 26.4 Å². The molecule has 0 saturated carbocycles. The summed E-state index contributed by atoms with van der Waals surface area (Å²) in [5.41, 5.74) is 2.65. The lowest BCUT2D eigenvalue weighted by Gasteiger charge is -2.37. The minimum absolute atomic E-state index is 0.217. The Bertz CT molecular complexity index is 465. The van der Waals surface area contributed by atoms with E-state index in [4.69, 9.17) is 33.7 Å². The molecule has 0 spiro atoms. The maximum absolute atomic E-state index is 11.5. The van der Waals surface area contributed by atoms with Crippen LogP contribution in [0.1, 0.15) is 20.8 Å². The Hall–Kier alpha value is -0.970. The van der Waals surface area contributed by atoms with E-state index in [2.05, 4.69) is 0 Å². The summed E-state index contributed by atoms with van der Waals surface area (Å²) in [5, 5.41) is 11.0. The van der Waals surface area contributed by atoms with E-state index in [1.54, 1.807) is 39.0 Å². The second-order valence-corrected chi connectivity index (χ2v) is 6.13. The fourth-order valence-corrected chi connectivity index (χ4v) is 1.96. The third-order valence-corrected chi connectivity index (χ3v) is 3.59. The van der Waals surface area contributed by atoms with Gasteiger partial charge in [-0.3, -0.25) is 4.79 Å². The van der Waals surface area contributed by atoms with E-state index in [1.165, 1.54) is 0 Å². The summed E-state index contributed by atoms with van der Waals surface area (Å²) >= 11 is 11.9. The number of rotatable bonds is 4. The largest absolute Gasteiger partial charge is 0.487 e. The van der Waals surface area contributed by atoms with Crippen LogP contribution < -0.4 is 10.5 Å². The third-order valence-electron chi connectivity index (χ3n) is 2.99. The first-order valence-corrected chi connectivity index (χ1v) is 6.44.